The first-order chi connectivity index (χ1) is 9.78. The first-order valence-electron chi connectivity index (χ1n) is 7.30. The van der Waals surface area contributed by atoms with Crippen molar-refractivity contribution in [3.05, 3.63) is 51.7 Å². The lowest BCUT2D eigenvalue weighted by atomic mass is 10.1. The number of anilines is 1. The summed E-state index contributed by atoms with van der Waals surface area (Å²) in [7, 11) is 2.02. The minimum Gasteiger partial charge on any atom is -0.364 e. The van der Waals surface area contributed by atoms with Crippen LogP contribution in [0.1, 0.15) is 29.5 Å². The van der Waals surface area contributed by atoms with E-state index in [9.17, 15) is 0 Å². The molecule has 20 heavy (non-hydrogen) atoms. The minimum atomic E-state index is 0.730. The van der Waals surface area contributed by atoms with Gasteiger partial charge in [0.05, 0.1) is 0 Å². The maximum Gasteiger partial charge on any atom is 0.0440 e. The zero-order valence-corrected chi connectivity index (χ0v) is 13.0. The van der Waals surface area contributed by atoms with Crippen molar-refractivity contribution in [3.63, 3.8) is 0 Å². The Morgan fingerprint density at radius 1 is 1.30 bits per heavy atom. The third-order valence-corrected chi connectivity index (χ3v) is 4.56. The van der Waals surface area contributed by atoms with Crippen molar-refractivity contribution in [1.82, 2.24) is 5.32 Å². The predicted molar refractivity (Wildman–Crippen MR) is 87.5 cm³/mol. The summed E-state index contributed by atoms with van der Waals surface area (Å²) in [5, 5.41) is 7.74. The van der Waals surface area contributed by atoms with Crippen LogP contribution in [0.15, 0.2) is 35.0 Å². The second kappa shape index (κ2) is 5.98. The van der Waals surface area contributed by atoms with Crippen molar-refractivity contribution in [2.45, 2.75) is 38.9 Å². The summed E-state index contributed by atoms with van der Waals surface area (Å²) in [5.41, 5.74) is 5.58. The van der Waals surface area contributed by atoms with Crippen LogP contribution >= 0.6 is 11.3 Å². The highest BCUT2D eigenvalue weighted by atomic mass is 32.1. The second-order valence-corrected chi connectivity index (χ2v) is 6.43. The summed E-state index contributed by atoms with van der Waals surface area (Å²) in [5.74, 6) is 0. The van der Waals surface area contributed by atoms with Gasteiger partial charge in [0, 0.05) is 24.8 Å². The lowest BCUT2D eigenvalue weighted by molar-refractivity contribution is 0.765. The van der Waals surface area contributed by atoms with Gasteiger partial charge in [0.2, 0.25) is 0 Å². The van der Waals surface area contributed by atoms with Crippen molar-refractivity contribution < 1.29 is 0 Å². The highest BCUT2D eigenvalue weighted by molar-refractivity contribution is 7.07. The van der Waals surface area contributed by atoms with E-state index in [2.05, 4.69) is 52.2 Å². The number of rotatable bonds is 6. The molecule has 3 heteroatoms. The molecule has 0 spiro atoms. The maximum absolute atomic E-state index is 3.30. The minimum absolute atomic E-state index is 0.730. The van der Waals surface area contributed by atoms with Crippen molar-refractivity contribution in [3.8, 4) is 0 Å². The van der Waals surface area contributed by atoms with Crippen LogP contribution in [0.4, 0.5) is 5.69 Å². The number of aryl methyl sites for hydroxylation is 1. The summed E-state index contributed by atoms with van der Waals surface area (Å²) < 4.78 is 0. The number of nitrogens with zero attached hydrogens (tertiary/aromatic N) is 1. The molecule has 1 saturated carbocycles. The average Bonchev–Trinajstić information content (AvgIpc) is 3.15. The number of hydrogen-bond acceptors (Lipinski definition) is 3. The average molecular weight is 286 g/mol. The molecule has 1 aromatic heterocycles. The highest BCUT2D eigenvalue weighted by Crippen LogP contribution is 2.35. The van der Waals surface area contributed by atoms with Crippen LogP contribution in [-0.4, -0.2) is 13.1 Å². The standard InChI is InChI=1S/C17H22N2S/c1-13-3-6-17(15(9-13)10-18-2)19(16-4-5-16)11-14-7-8-20-12-14/h3,6-9,12,16,18H,4-5,10-11H2,1-2H3. The molecule has 1 N–H and O–H groups in total. The van der Waals surface area contributed by atoms with E-state index in [0.29, 0.717) is 0 Å². The van der Waals surface area contributed by atoms with E-state index in [1.54, 1.807) is 11.3 Å². The Morgan fingerprint density at radius 2 is 2.15 bits per heavy atom. The molecule has 3 rings (SSSR count). The predicted octanol–water partition coefficient (Wildman–Crippen LogP) is 3.94. The largest absolute Gasteiger partial charge is 0.364 e. The molecule has 1 aromatic carbocycles. The molecular formula is C17H22N2S. The Bertz CT molecular complexity index is 558. The molecule has 1 aliphatic rings. The van der Waals surface area contributed by atoms with Crippen LogP contribution in [-0.2, 0) is 13.1 Å². The zero-order chi connectivity index (χ0) is 13.9. The quantitative estimate of drug-likeness (QED) is 0.865. The van der Waals surface area contributed by atoms with Gasteiger partial charge in [-0.1, -0.05) is 17.7 Å². The molecule has 0 bridgehead atoms. The molecular weight excluding hydrogens is 264 g/mol. The molecule has 0 amide bonds. The monoisotopic (exact) mass is 286 g/mol. The van der Waals surface area contributed by atoms with Gasteiger partial charge in [-0.3, -0.25) is 0 Å². The molecule has 1 aliphatic carbocycles. The van der Waals surface area contributed by atoms with Gasteiger partial charge in [0.25, 0.3) is 0 Å². The Morgan fingerprint density at radius 3 is 2.80 bits per heavy atom. The van der Waals surface area contributed by atoms with Gasteiger partial charge in [0.1, 0.15) is 0 Å². The summed E-state index contributed by atoms with van der Waals surface area (Å²) in [6.45, 7) is 4.14. The van der Waals surface area contributed by atoms with Gasteiger partial charge in [-0.05, 0) is 60.8 Å². The molecule has 0 unspecified atom stereocenters. The number of benzene rings is 1. The van der Waals surface area contributed by atoms with Gasteiger partial charge in [-0.15, -0.1) is 0 Å². The lowest BCUT2D eigenvalue weighted by Gasteiger charge is -2.27. The molecule has 1 fully saturated rings. The lowest BCUT2D eigenvalue weighted by Crippen LogP contribution is -2.26. The van der Waals surface area contributed by atoms with Gasteiger partial charge >= 0.3 is 0 Å². The molecule has 0 saturated heterocycles. The van der Waals surface area contributed by atoms with E-state index in [1.165, 1.54) is 35.2 Å². The zero-order valence-electron chi connectivity index (χ0n) is 12.2. The molecule has 106 valence electrons. The van der Waals surface area contributed by atoms with Crippen molar-refractivity contribution in [2.24, 2.45) is 0 Å². The molecule has 1 heterocycles. The van der Waals surface area contributed by atoms with E-state index in [0.717, 1.165) is 19.1 Å². The molecule has 0 radical (unpaired) electrons. The van der Waals surface area contributed by atoms with Crippen LogP contribution in [0.25, 0.3) is 0 Å². The Labute approximate surface area is 125 Å². The fourth-order valence-electron chi connectivity index (χ4n) is 2.70. The summed E-state index contributed by atoms with van der Waals surface area (Å²) in [4.78, 5) is 2.59. The normalized spacial score (nSPS) is 14.5. The van der Waals surface area contributed by atoms with Crippen LogP contribution in [0, 0.1) is 6.92 Å². The van der Waals surface area contributed by atoms with Crippen LogP contribution in [0.3, 0.4) is 0 Å². The first kappa shape index (κ1) is 13.7. The van der Waals surface area contributed by atoms with Gasteiger partial charge < -0.3 is 10.2 Å². The topological polar surface area (TPSA) is 15.3 Å². The van der Waals surface area contributed by atoms with Gasteiger partial charge in [-0.25, -0.2) is 0 Å². The highest BCUT2D eigenvalue weighted by Gasteiger charge is 2.30. The Kier molecular flexibility index (Phi) is 4.08. The van der Waals surface area contributed by atoms with Gasteiger partial charge in [0.15, 0.2) is 0 Å². The van der Waals surface area contributed by atoms with Crippen molar-refractivity contribution in [1.29, 1.82) is 0 Å². The SMILES string of the molecule is CNCc1cc(C)ccc1N(Cc1ccsc1)C1CC1. The second-order valence-electron chi connectivity index (χ2n) is 5.65. The van der Waals surface area contributed by atoms with Crippen LogP contribution in [0.2, 0.25) is 0 Å². The fourth-order valence-corrected chi connectivity index (χ4v) is 3.36. The van der Waals surface area contributed by atoms with E-state index in [1.807, 2.05) is 7.05 Å². The third kappa shape index (κ3) is 3.05. The third-order valence-electron chi connectivity index (χ3n) is 3.83. The number of hydrogen-bond donors (Lipinski definition) is 1. The van der Waals surface area contributed by atoms with Crippen LogP contribution in [0.5, 0.6) is 0 Å². The number of nitrogens with one attached hydrogen (secondary N) is 1. The van der Waals surface area contributed by atoms with Crippen molar-refractivity contribution >= 4 is 17.0 Å². The Balaban J connectivity index is 1.90. The molecule has 2 nitrogen and oxygen atoms in total. The maximum atomic E-state index is 3.30. The molecule has 0 aliphatic heterocycles. The van der Waals surface area contributed by atoms with Crippen LogP contribution < -0.4 is 10.2 Å². The summed E-state index contributed by atoms with van der Waals surface area (Å²) in [6, 6.07) is 9.82. The van der Waals surface area contributed by atoms with Crippen molar-refractivity contribution in [2.75, 3.05) is 11.9 Å². The van der Waals surface area contributed by atoms with E-state index < -0.39 is 0 Å². The van der Waals surface area contributed by atoms with Gasteiger partial charge in [-0.2, -0.15) is 11.3 Å². The van der Waals surface area contributed by atoms with E-state index in [4.69, 9.17) is 0 Å². The molecule has 0 atom stereocenters. The fraction of sp³-hybridized carbons (Fsp3) is 0.412. The number of thiophene rings is 1. The van der Waals surface area contributed by atoms with E-state index >= 15 is 0 Å². The summed E-state index contributed by atoms with van der Waals surface area (Å²) >= 11 is 1.79. The molecule has 2 aromatic rings. The smallest absolute Gasteiger partial charge is 0.0440 e. The Hall–Kier alpha value is -1.32. The summed E-state index contributed by atoms with van der Waals surface area (Å²) in [6.07, 6.45) is 2.66. The first-order valence-corrected chi connectivity index (χ1v) is 8.24. The van der Waals surface area contributed by atoms with E-state index in [-0.39, 0.29) is 0 Å².